The number of nitrogens with two attached hydrogens (primary N) is 1. The Morgan fingerprint density at radius 2 is 2.32 bits per heavy atom. The molecule has 1 amide bonds. The van der Waals surface area contributed by atoms with Crippen LogP contribution in [-0.4, -0.2) is 22.2 Å². The summed E-state index contributed by atoms with van der Waals surface area (Å²) in [6.07, 6.45) is 4.43. The fraction of sp³-hybridized carbons (Fsp3) is 0.231. The number of hydrogen-bond acceptors (Lipinski definition) is 3. The topological polar surface area (TPSA) is 72.9 Å². The smallest absolute Gasteiger partial charge is 0.252 e. The second kappa shape index (κ2) is 5.75. The molecule has 0 aliphatic heterocycles. The second-order valence-electron chi connectivity index (χ2n) is 4.27. The minimum absolute atomic E-state index is 0.200. The Hall–Kier alpha value is -2.01. The van der Waals surface area contributed by atoms with E-state index in [0.29, 0.717) is 22.8 Å². The van der Waals surface area contributed by atoms with Crippen LogP contribution in [0.3, 0.4) is 0 Å². The Labute approximate surface area is 116 Å². The zero-order valence-electron chi connectivity index (χ0n) is 10.6. The van der Waals surface area contributed by atoms with Crippen molar-refractivity contribution in [2.75, 3.05) is 12.3 Å². The minimum atomic E-state index is -0.200. The van der Waals surface area contributed by atoms with E-state index in [4.69, 9.17) is 17.3 Å². The van der Waals surface area contributed by atoms with Crippen LogP contribution in [0.1, 0.15) is 15.9 Å². The van der Waals surface area contributed by atoms with Gasteiger partial charge in [0.1, 0.15) is 0 Å². The van der Waals surface area contributed by atoms with Crippen molar-refractivity contribution >= 4 is 23.2 Å². The summed E-state index contributed by atoms with van der Waals surface area (Å²) < 4.78 is 1.73. The van der Waals surface area contributed by atoms with E-state index in [2.05, 4.69) is 10.4 Å². The highest BCUT2D eigenvalue weighted by Crippen LogP contribution is 2.18. The molecule has 1 aromatic heterocycles. The van der Waals surface area contributed by atoms with Crippen LogP contribution < -0.4 is 11.1 Å². The SMILES string of the molecule is Cn1cc(CCNC(=O)c2ccc(N)cc2Cl)cn1. The predicted octanol–water partition coefficient (Wildman–Crippen LogP) is 1.63. The van der Waals surface area contributed by atoms with Gasteiger partial charge in [-0.25, -0.2) is 0 Å². The van der Waals surface area contributed by atoms with Crippen LogP contribution in [0.2, 0.25) is 5.02 Å². The maximum absolute atomic E-state index is 11.9. The van der Waals surface area contributed by atoms with Gasteiger partial charge in [0, 0.05) is 25.5 Å². The highest BCUT2D eigenvalue weighted by atomic mass is 35.5. The molecule has 5 nitrogen and oxygen atoms in total. The maximum atomic E-state index is 11.9. The Morgan fingerprint density at radius 3 is 2.95 bits per heavy atom. The molecule has 0 spiro atoms. The average molecular weight is 279 g/mol. The van der Waals surface area contributed by atoms with E-state index in [0.717, 1.165) is 12.0 Å². The number of aryl methyl sites for hydroxylation is 1. The first-order valence-corrected chi connectivity index (χ1v) is 6.25. The van der Waals surface area contributed by atoms with Crippen LogP contribution in [0, 0.1) is 0 Å². The van der Waals surface area contributed by atoms with Gasteiger partial charge in [0.25, 0.3) is 5.91 Å². The summed E-state index contributed by atoms with van der Waals surface area (Å²) in [6, 6.07) is 4.84. The van der Waals surface area contributed by atoms with E-state index >= 15 is 0 Å². The number of nitrogens with one attached hydrogen (secondary N) is 1. The Morgan fingerprint density at radius 1 is 1.53 bits per heavy atom. The molecule has 0 atom stereocenters. The normalized spacial score (nSPS) is 10.4. The number of anilines is 1. The molecular weight excluding hydrogens is 264 g/mol. The number of carbonyl (C=O) groups is 1. The third kappa shape index (κ3) is 3.48. The van der Waals surface area contributed by atoms with Gasteiger partial charge < -0.3 is 11.1 Å². The Kier molecular flexibility index (Phi) is 4.06. The summed E-state index contributed by atoms with van der Waals surface area (Å²) in [4.78, 5) is 11.9. The van der Waals surface area contributed by atoms with Gasteiger partial charge in [0.15, 0.2) is 0 Å². The van der Waals surface area contributed by atoms with Crippen molar-refractivity contribution in [3.8, 4) is 0 Å². The van der Waals surface area contributed by atoms with Crippen LogP contribution in [0.15, 0.2) is 30.6 Å². The lowest BCUT2D eigenvalue weighted by molar-refractivity contribution is 0.0954. The lowest BCUT2D eigenvalue weighted by Crippen LogP contribution is -2.25. The Balaban J connectivity index is 1.90. The van der Waals surface area contributed by atoms with E-state index in [1.807, 2.05) is 13.2 Å². The minimum Gasteiger partial charge on any atom is -0.399 e. The van der Waals surface area contributed by atoms with Crippen LogP contribution in [0.5, 0.6) is 0 Å². The molecule has 0 saturated carbocycles. The van der Waals surface area contributed by atoms with Gasteiger partial charge in [-0.2, -0.15) is 5.10 Å². The summed E-state index contributed by atoms with van der Waals surface area (Å²) in [6.45, 7) is 0.533. The summed E-state index contributed by atoms with van der Waals surface area (Å²) in [5.74, 6) is -0.200. The van der Waals surface area contributed by atoms with Gasteiger partial charge in [-0.1, -0.05) is 11.6 Å². The summed E-state index contributed by atoms with van der Waals surface area (Å²) >= 11 is 5.97. The highest BCUT2D eigenvalue weighted by molar-refractivity contribution is 6.34. The predicted molar refractivity (Wildman–Crippen MR) is 75.1 cm³/mol. The van der Waals surface area contributed by atoms with E-state index in [1.165, 1.54) is 0 Å². The van der Waals surface area contributed by atoms with Crippen molar-refractivity contribution in [1.29, 1.82) is 0 Å². The number of nitrogens with zero attached hydrogens (tertiary/aromatic N) is 2. The zero-order chi connectivity index (χ0) is 13.8. The third-order valence-electron chi connectivity index (χ3n) is 2.70. The molecule has 1 heterocycles. The summed E-state index contributed by atoms with van der Waals surface area (Å²) in [5, 5.41) is 7.24. The zero-order valence-corrected chi connectivity index (χ0v) is 11.3. The average Bonchev–Trinajstić information content (AvgIpc) is 2.75. The Bertz CT molecular complexity index is 594. The van der Waals surface area contributed by atoms with Crippen molar-refractivity contribution in [3.63, 3.8) is 0 Å². The maximum Gasteiger partial charge on any atom is 0.252 e. The molecular formula is C13H15ClN4O. The first-order valence-electron chi connectivity index (χ1n) is 5.87. The van der Waals surface area contributed by atoms with Crippen molar-refractivity contribution in [2.45, 2.75) is 6.42 Å². The largest absolute Gasteiger partial charge is 0.399 e. The second-order valence-corrected chi connectivity index (χ2v) is 4.67. The molecule has 0 bridgehead atoms. The van der Waals surface area contributed by atoms with Crippen molar-refractivity contribution in [2.24, 2.45) is 7.05 Å². The molecule has 2 aromatic rings. The molecule has 0 saturated heterocycles. The molecule has 0 aliphatic carbocycles. The van der Waals surface area contributed by atoms with Crippen LogP contribution in [0.4, 0.5) is 5.69 Å². The quantitative estimate of drug-likeness (QED) is 0.835. The fourth-order valence-electron chi connectivity index (χ4n) is 1.73. The molecule has 0 fully saturated rings. The van der Waals surface area contributed by atoms with Crippen molar-refractivity contribution < 1.29 is 4.79 Å². The van der Waals surface area contributed by atoms with Crippen LogP contribution in [0.25, 0.3) is 0 Å². The highest BCUT2D eigenvalue weighted by Gasteiger charge is 2.09. The number of nitrogen functional groups attached to an aromatic ring is 1. The molecule has 2 rings (SSSR count). The van der Waals surface area contributed by atoms with E-state index in [1.54, 1.807) is 29.1 Å². The molecule has 0 radical (unpaired) electrons. The summed E-state index contributed by atoms with van der Waals surface area (Å²) in [7, 11) is 1.86. The van der Waals surface area contributed by atoms with E-state index < -0.39 is 0 Å². The number of benzene rings is 1. The molecule has 19 heavy (non-hydrogen) atoms. The van der Waals surface area contributed by atoms with E-state index in [-0.39, 0.29) is 5.91 Å². The number of rotatable bonds is 4. The van der Waals surface area contributed by atoms with Gasteiger partial charge in [-0.3, -0.25) is 9.48 Å². The molecule has 6 heteroatoms. The monoisotopic (exact) mass is 278 g/mol. The summed E-state index contributed by atoms with van der Waals surface area (Å²) in [5.41, 5.74) is 7.63. The third-order valence-corrected chi connectivity index (χ3v) is 3.01. The molecule has 1 aromatic carbocycles. The first-order chi connectivity index (χ1) is 9.06. The number of amides is 1. The van der Waals surface area contributed by atoms with Gasteiger partial charge in [0.05, 0.1) is 16.8 Å². The van der Waals surface area contributed by atoms with Crippen LogP contribution >= 0.6 is 11.6 Å². The van der Waals surface area contributed by atoms with Crippen molar-refractivity contribution in [3.05, 3.63) is 46.7 Å². The number of carbonyl (C=O) groups excluding carboxylic acids is 1. The van der Waals surface area contributed by atoms with Crippen LogP contribution in [-0.2, 0) is 13.5 Å². The molecule has 100 valence electrons. The molecule has 0 aliphatic rings. The number of hydrogen-bond donors (Lipinski definition) is 2. The van der Waals surface area contributed by atoms with E-state index in [9.17, 15) is 4.79 Å². The lowest BCUT2D eigenvalue weighted by atomic mass is 10.2. The fourth-order valence-corrected chi connectivity index (χ4v) is 2.01. The standard InChI is InChI=1S/C13H15ClN4O/c1-18-8-9(7-17-18)4-5-16-13(19)11-3-2-10(15)6-12(11)14/h2-3,6-8H,4-5,15H2,1H3,(H,16,19). The number of halogens is 1. The van der Waals surface area contributed by atoms with Gasteiger partial charge >= 0.3 is 0 Å². The first kappa shape index (κ1) is 13.4. The van der Waals surface area contributed by atoms with Gasteiger partial charge in [-0.15, -0.1) is 0 Å². The van der Waals surface area contributed by atoms with Gasteiger partial charge in [0.2, 0.25) is 0 Å². The number of aromatic nitrogens is 2. The van der Waals surface area contributed by atoms with Gasteiger partial charge in [-0.05, 0) is 30.2 Å². The molecule has 0 unspecified atom stereocenters. The molecule has 3 N–H and O–H groups in total. The van der Waals surface area contributed by atoms with Crippen molar-refractivity contribution in [1.82, 2.24) is 15.1 Å². The lowest BCUT2D eigenvalue weighted by Gasteiger charge is -2.06.